The van der Waals surface area contributed by atoms with Crippen LogP contribution in [0.2, 0.25) is 0 Å². The van der Waals surface area contributed by atoms with Crippen molar-refractivity contribution in [2.45, 2.75) is 12.6 Å². The zero-order chi connectivity index (χ0) is 11.4. The summed E-state index contributed by atoms with van der Waals surface area (Å²) in [4.78, 5) is 13.3. The number of ether oxygens (including phenoxy) is 1. The number of cyclic esters (lactones) is 1. The van der Waals surface area contributed by atoms with Crippen molar-refractivity contribution in [2.24, 2.45) is 0 Å². The molecule has 1 aromatic carbocycles. The van der Waals surface area contributed by atoms with Gasteiger partial charge in [0, 0.05) is 13.1 Å². The molecule has 4 nitrogen and oxygen atoms in total. The number of carbonyl (C=O) groups excluding carboxylic acids is 1. The van der Waals surface area contributed by atoms with Gasteiger partial charge in [-0.2, -0.15) is 0 Å². The molecular weight excluding hydrogens is 204 g/mol. The second kappa shape index (κ2) is 4.99. The van der Waals surface area contributed by atoms with Gasteiger partial charge in [-0.3, -0.25) is 4.90 Å². The molecule has 86 valence electrons. The van der Waals surface area contributed by atoms with Gasteiger partial charge in [0.05, 0.1) is 6.04 Å². The second-order valence-electron chi connectivity index (χ2n) is 3.90. The molecule has 1 amide bonds. The first-order valence-electron chi connectivity index (χ1n) is 5.43. The Morgan fingerprint density at radius 3 is 2.88 bits per heavy atom. The van der Waals surface area contributed by atoms with E-state index in [0.717, 1.165) is 12.1 Å². The van der Waals surface area contributed by atoms with Crippen LogP contribution in [0.15, 0.2) is 30.3 Å². The zero-order valence-electron chi connectivity index (χ0n) is 9.35. The van der Waals surface area contributed by atoms with Crippen molar-refractivity contribution >= 4 is 6.09 Å². The summed E-state index contributed by atoms with van der Waals surface area (Å²) in [6.45, 7) is 1.86. The maximum absolute atomic E-state index is 11.5. The SMILES string of the molecule is CNCC1COC(=O)N1Cc1ccccc1. The van der Waals surface area contributed by atoms with Gasteiger partial charge in [0.2, 0.25) is 0 Å². The van der Waals surface area contributed by atoms with Crippen molar-refractivity contribution in [2.75, 3.05) is 20.2 Å². The van der Waals surface area contributed by atoms with Crippen LogP contribution >= 0.6 is 0 Å². The molecule has 1 N–H and O–H groups in total. The van der Waals surface area contributed by atoms with Gasteiger partial charge < -0.3 is 10.1 Å². The highest BCUT2D eigenvalue weighted by Crippen LogP contribution is 2.15. The molecule has 0 aliphatic carbocycles. The van der Waals surface area contributed by atoms with Crippen LogP contribution in [0.1, 0.15) is 5.56 Å². The maximum Gasteiger partial charge on any atom is 0.410 e. The molecule has 0 bridgehead atoms. The number of benzene rings is 1. The number of rotatable bonds is 4. The summed E-state index contributed by atoms with van der Waals surface area (Å²) >= 11 is 0. The van der Waals surface area contributed by atoms with Gasteiger partial charge in [-0.1, -0.05) is 30.3 Å². The molecule has 0 aromatic heterocycles. The van der Waals surface area contributed by atoms with Gasteiger partial charge in [0.25, 0.3) is 0 Å². The third kappa shape index (κ3) is 2.33. The lowest BCUT2D eigenvalue weighted by Gasteiger charge is -2.20. The standard InChI is InChI=1S/C12H16N2O2/c1-13-7-11-9-16-12(15)14(11)8-10-5-3-2-4-6-10/h2-6,11,13H,7-9H2,1H3. The lowest BCUT2D eigenvalue weighted by Crippen LogP contribution is -2.39. The number of nitrogens with zero attached hydrogens (tertiary/aromatic N) is 1. The average Bonchev–Trinajstić information content (AvgIpc) is 2.64. The van der Waals surface area contributed by atoms with E-state index >= 15 is 0 Å². The van der Waals surface area contributed by atoms with E-state index in [0.29, 0.717) is 13.2 Å². The molecular formula is C12H16N2O2. The Bertz CT molecular complexity index is 353. The molecule has 0 saturated carbocycles. The Labute approximate surface area is 95.2 Å². The Morgan fingerprint density at radius 1 is 1.44 bits per heavy atom. The lowest BCUT2D eigenvalue weighted by molar-refractivity contribution is 0.156. The highest BCUT2D eigenvalue weighted by atomic mass is 16.6. The van der Waals surface area contributed by atoms with Crippen molar-refractivity contribution in [1.82, 2.24) is 10.2 Å². The minimum absolute atomic E-state index is 0.137. The van der Waals surface area contributed by atoms with Gasteiger partial charge in [-0.25, -0.2) is 4.79 Å². The molecule has 0 spiro atoms. The quantitative estimate of drug-likeness (QED) is 0.829. The maximum atomic E-state index is 11.5. The van der Waals surface area contributed by atoms with Gasteiger partial charge in [-0.05, 0) is 12.6 Å². The summed E-state index contributed by atoms with van der Waals surface area (Å²) in [6.07, 6.45) is -0.218. The summed E-state index contributed by atoms with van der Waals surface area (Å²) in [5.74, 6) is 0. The number of carbonyl (C=O) groups is 1. The molecule has 1 atom stereocenters. The van der Waals surface area contributed by atoms with Gasteiger partial charge in [0.1, 0.15) is 6.61 Å². The molecule has 1 aliphatic rings. The number of amides is 1. The molecule has 0 radical (unpaired) electrons. The second-order valence-corrected chi connectivity index (χ2v) is 3.90. The van der Waals surface area contributed by atoms with E-state index < -0.39 is 0 Å². The summed E-state index contributed by atoms with van der Waals surface area (Å²) in [7, 11) is 1.88. The van der Waals surface area contributed by atoms with Gasteiger partial charge in [-0.15, -0.1) is 0 Å². The first kappa shape index (κ1) is 11.0. The highest BCUT2D eigenvalue weighted by Gasteiger charge is 2.31. The number of likely N-dealkylation sites (N-methyl/N-ethyl adjacent to an activating group) is 1. The van der Waals surface area contributed by atoms with E-state index in [1.807, 2.05) is 37.4 Å². The first-order valence-corrected chi connectivity index (χ1v) is 5.43. The van der Waals surface area contributed by atoms with Crippen LogP contribution in [-0.2, 0) is 11.3 Å². The Morgan fingerprint density at radius 2 is 2.19 bits per heavy atom. The largest absolute Gasteiger partial charge is 0.447 e. The molecule has 16 heavy (non-hydrogen) atoms. The summed E-state index contributed by atoms with van der Waals surface area (Å²) in [5, 5.41) is 3.07. The van der Waals surface area contributed by atoms with Crippen LogP contribution < -0.4 is 5.32 Å². The Balaban J connectivity index is 2.04. The minimum atomic E-state index is -0.218. The molecule has 1 aromatic rings. The van der Waals surface area contributed by atoms with Crippen LogP contribution in [-0.4, -0.2) is 37.2 Å². The smallest absolute Gasteiger partial charge is 0.410 e. The Hall–Kier alpha value is -1.55. The molecule has 1 heterocycles. The first-order chi connectivity index (χ1) is 7.81. The third-order valence-electron chi connectivity index (χ3n) is 2.71. The van der Waals surface area contributed by atoms with Crippen molar-refractivity contribution in [1.29, 1.82) is 0 Å². The number of hydrogen-bond donors (Lipinski definition) is 1. The Kier molecular flexibility index (Phi) is 3.41. The van der Waals surface area contributed by atoms with E-state index in [4.69, 9.17) is 4.74 Å². The van der Waals surface area contributed by atoms with Crippen LogP contribution in [0.3, 0.4) is 0 Å². The molecule has 2 rings (SSSR count). The van der Waals surface area contributed by atoms with Crippen molar-refractivity contribution < 1.29 is 9.53 Å². The fraction of sp³-hybridized carbons (Fsp3) is 0.417. The highest BCUT2D eigenvalue weighted by molar-refractivity contribution is 5.70. The lowest BCUT2D eigenvalue weighted by atomic mass is 10.2. The zero-order valence-corrected chi connectivity index (χ0v) is 9.35. The molecule has 1 aliphatic heterocycles. The third-order valence-corrected chi connectivity index (χ3v) is 2.71. The van der Waals surface area contributed by atoms with Crippen molar-refractivity contribution in [3.05, 3.63) is 35.9 Å². The molecule has 1 saturated heterocycles. The fourth-order valence-corrected chi connectivity index (χ4v) is 1.87. The summed E-state index contributed by atoms with van der Waals surface area (Å²) < 4.78 is 5.05. The number of nitrogens with one attached hydrogen (secondary N) is 1. The van der Waals surface area contributed by atoms with Crippen molar-refractivity contribution in [3.63, 3.8) is 0 Å². The molecule has 4 heteroatoms. The monoisotopic (exact) mass is 220 g/mol. The minimum Gasteiger partial charge on any atom is -0.447 e. The van der Waals surface area contributed by atoms with Gasteiger partial charge >= 0.3 is 6.09 Å². The van der Waals surface area contributed by atoms with Crippen LogP contribution in [0.4, 0.5) is 4.79 Å². The summed E-state index contributed by atoms with van der Waals surface area (Å²) in [5.41, 5.74) is 1.13. The topological polar surface area (TPSA) is 41.6 Å². The average molecular weight is 220 g/mol. The predicted octanol–water partition coefficient (Wildman–Crippen LogP) is 1.23. The predicted molar refractivity (Wildman–Crippen MR) is 61.0 cm³/mol. The van der Waals surface area contributed by atoms with E-state index in [2.05, 4.69) is 5.32 Å². The van der Waals surface area contributed by atoms with Gasteiger partial charge in [0.15, 0.2) is 0 Å². The van der Waals surface area contributed by atoms with E-state index in [9.17, 15) is 4.79 Å². The van der Waals surface area contributed by atoms with Crippen LogP contribution in [0, 0.1) is 0 Å². The van der Waals surface area contributed by atoms with E-state index in [1.54, 1.807) is 4.90 Å². The van der Waals surface area contributed by atoms with E-state index in [-0.39, 0.29) is 12.1 Å². The van der Waals surface area contributed by atoms with E-state index in [1.165, 1.54) is 0 Å². The molecule has 1 unspecified atom stereocenters. The normalized spacial score (nSPS) is 19.9. The van der Waals surface area contributed by atoms with Crippen LogP contribution in [0.5, 0.6) is 0 Å². The fourth-order valence-electron chi connectivity index (χ4n) is 1.87. The van der Waals surface area contributed by atoms with Crippen LogP contribution in [0.25, 0.3) is 0 Å². The van der Waals surface area contributed by atoms with Crippen molar-refractivity contribution in [3.8, 4) is 0 Å². The number of hydrogen-bond acceptors (Lipinski definition) is 3. The summed E-state index contributed by atoms with van der Waals surface area (Å²) in [6, 6.07) is 10.1. The molecule has 1 fully saturated rings.